The molecule has 0 amide bonds. The maximum Gasteiger partial charge on any atom is 0.129 e. The first-order valence-corrected chi connectivity index (χ1v) is 5.71. The van der Waals surface area contributed by atoms with Gasteiger partial charge >= 0.3 is 0 Å². The summed E-state index contributed by atoms with van der Waals surface area (Å²) in [6.45, 7) is 1.55. The van der Waals surface area contributed by atoms with E-state index in [0.29, 0.717) is 5.56 Å². The average Bonchev–Trinajstić information content (AvgIpc) is 2.35. The molecule has 18 heavy (non-hydrogen) atoms. The summed E-state index contributed by atoms with van der Waals surface area (Å²) in [5, 5.41) is 10.4. The Hall–Kier alpha value is -1.74. The molecule has 0 spiro atoms. The Labute approximate surface area is 105 Å². The van der Waals surface area contributed by atoms with Gasteiger partial charge in [0.15, 0.2) is 0 Å². The van der Waals surface area contributed by atoms with Crippen molar-refractivity contribution < 1.29 is 13.9 Å². The van der Waals surface area contributed by atoms with E-state index in [1.165, 1.54) is 18.2 Å². The summed E-state index contributed by atoms with van der Waals surface area (Å²) in [4.78, 5) is 0. The second-order valence-electron chi connectivity index (χ2n) is 4.52. The van der Waals surface area contributed by atoms with Gasteiger partial charge in [0.2, 0.25) is 0 Å². The Bertz CT molecular complexity index is 515. The molecular weight excluding hydrogens is 234 g/mol. The van der Waals surface area contributed by atoms with Gasteiger partial charge in [-0.1, -0.05) is 36.4 Å². The molecule has 1 nitrogen and oxygen atoms in total. The molecule has 2 aromatic rings. The van der Waals surface area contributed by atoms with Gasteiger partial charge < -0.3 is 5.11 Å². The summed E-state index contributed by atoms with van der Waals surface area (Å²) in [6.07, 6.45) is -0.102. The number of aliphatic hydroxyl groups is 1. The van der Waals surface area contributed by atoms with E-state index in [2.05, 4.69) is 0 Å². The normalized spacial score (nSPS) is 14.2. The molecule has 0 saturated heterocycles. The van der Waals surface area contributed by atoms with Crippen LogP contribution < -0.4 is 0 Å². The minimum absolute atomic E-state index is 0.0913. The highest BCUT2D eigenvalue weighted by Gasteiger charge is 2.26. The van der Waals surface area contributed by atoms with Crippen LogP contribution in [0.5, 0.6) is 0 Å². The van der Waals surface area contributed by atoms with Gasteiger partial charge in [-0.05, 0) is 24.6 Å². The maximum atomic E-state index is 13.5. The lowest BCUT2D eigenvalue weighted by atomic mass is 9.89. The van der Waals surface area contributed by atoms with Crippen molar-refractivity contribution in [3.05, 3.63) is 71.3 Å². The molecule has 1 atom stereocenters. The molecule has 0 fully saturated rings. The molecular formula is C15H14F2O. The summed E-state index contributed by atoms with van der Waals surface area (Å²) in [7, 11) is 0. The van der Waals surface area contributed by atoms with E-state index >= 15 is 0 Å². The molecule has 0 aliphatic rings. The fourth-order valence-corrected chi connectivity index (χ4v) is 1.94. The molecule has 0 aliphatic heterocycles. The molecule has 94 valence electrons. The Morgan fingerprint density at radius 2 is 1.50 bits per heavy atom. The van der Waals surface area contributed by atoms with E-state index in [9.17, 15) is 13.9 Å². The van der Waals surface area contributed by atoms with E-state index < -0.39 is 17.2 Å². The molecule has 0 heterocycles. The molecule has 2 rings (SSSR count). The first-order valence-electron chi connectivity index (χ1n) is 5.71. The lowest BCUT2D eigenvalue weighted by Crippen LogP contribution is -2.25. The number of benzene rings is 2. The molecule has 1 unspecified atom stereocenters. The quantitative estimate of drug-likeness (QED) is 0.882. The molecule has 3 heteroatoms. The summed E-state index contributed by atoms with van der Waals surface area (Å²) >= 11 is 0. The zero-order chi connectivity index (χ0) is 13.2. The van der Waals surface area contributed by atoms with Crippen molar-refractivity contribution in [3.8, 4) is 0 Å². The van der Waals surface area contributed by atoms with Crippen LogP contribution in [0, 0.1) is 11.6 Å². The Balaban J connectivity index is 2.34. The fraction of sp³-hybridized carbons (Fsp3) is 0.200. The molecule has 2 aromatic carbocycles. The van der Waals surface area contributed by atoms with Crippen LogP contribution in [0.25, 0.3) is 0 Å². The molecule has 1 N–H and O–H groups in total. The summed E-state index contributed by atoms with van der Waals surface area (Å²) in [5.41, 5.74) is -0.761. The highest BCUT2D eigenvalue weighted by Crippen LogP contribution is 2.27. The summed E-state index contributed by atoms with van der Waals surface area (Å²) < 4.78 is 27.1. The van der Waals surface area contributed by atoms with Gasteiger partial charge in [0, 0.05) is 12.0 Å². The van der Waals surface area contributed by atoms with Gasteiger partial charge in [-0.15, -0.1) is 0 Å². The first-order chi connectivity index (χ1) is 8.50. The van der Waals surface area contributed by atoms with Gasteiger partial charge in [0.25, 0.3) is 0 Å². The van der Waals surface area contributed by atoms with Crippen molar-refractivity contribution in [2.75, 3.05) is 0 Å². The molecule has 0 aromatic heterocycles. The summed E-state index contributed by atoms with van der Waals surface area (Å²) in [5.74, 6) is -1.27. The minimum Gasteiger partial charge on any atom is -0.385 e. The maximum absolute atomic E-state index is 13.5. The van der Waals surface area contributed by atoms with Crippen LogP contribution in [0.1, 0.15) is 18.1 Å². The molecule has 0 radical (unpaired) electrons. The first kappa shape index (κ1) is 12.7. The van der Waals surface area contributed by atoms with Crippen LogP contribution in [0.3, 0.4) is 0 Å². The fourth-order valence-electron chi connectivity index (χ4n) is 1.94. The molecule has 0 bridgehead atoms. The van der Waals surface area contributed by atoms with Crippen LogP contribution in [0.4, 0.5) is 8.78 Å². The Morgan fingerprint density at radius 1 is 0.944 bits per heavy atom. The van der Waals surface area contributed by atoms with Crippen molar-refractivity contribution in [2.45, 2.75) is 18.9 Å². The predicted octanol–water partition coefficient (Wildman–Crippen LogP) is 3.42. The van der Waals surface area contributed by atoms with Crippen molar-refractivity contribution in [3.63, 3.8) is 0 Å². The van der Waals surface area contributed by atoms with Crippen LogP contribution >= 0.6 is 0 Å². The van der Waals surface area contributed by atoms with Crippen LogP contribution in [0.15, 0.2) is 48.5 Å². The lowest BCUT2D eigenvalue weighted by molar-refractivity contribution is 0.0557. The van der Waals surface area contributed by atoms with Crippen LogP contribution in [-0.2, 0) is 12.0 Å². The van der Waals surface area contributed by atoms with Crippen LogP contribution in [0.2, 0.25) is 0 Å². The topological polar surface area (TPSA) is 20.2 Å². The highest BCUT2D eigenvalue weighted by molar-refractivity contribution is 5.27. The van der Waals surface area contributed by atoms with Crippen molar-refractivity contribution in [1.82, 2.24) is 0 Å². The molecule has 0 saturated carbocycles. The van der Waals surface area contributed by atoms with Gasteiger partial charge in [-0.3, -0.25) is 0 Å². The number of hydrogen-bond donors (Lipinski definition) is 1. The van der Waals surface area contributed by atoms with Crippen molar-refractivity contribution in [1.29, 1.82) is 0 Å². The van der Waals surface area contributed by atoms with Crippen molar-refractivity contribution >= 4 is 0 Å². The largest absolute Gasteiger partial charge is 0.385 e. The van der Waals surface area contributed by atoms with Gasteiger partial charge in [-0.25, -0.2) is 8.78 Å². The third-order valence-corrected chi connectivity index (χ3v) is 2.98. The standard InChI is InChI=1S/C15H14F2O/c1-15(18,11-6-3-2-4-7-11)10-12-13(16)8-5-9-14(12)17/h2-9,18H,10H2,1H3. The third-order valence-electron chi connectivity index (χ3n) is 2.98. The van der Waals surface area contributed by atoms with Gasteiger partial charge in [0.05, 0.1) is 5.60 Å². The van der Waals surface area contributed by atoms with Gasteiger partial charge in [-0.2, -0.15) is 0 Å². The van der Waals surface area contributed by atoms with E-state index in [-0.39, 0.29) is 12.0 Å². The smallest absolute Gasteiger partial charge is 0.129 e. The lowest BCUT2D eigenvalue weighted by Gasteiger charge is -2.24. The number of halogens is 2. The number of rotatable bonds is 3. The van der Waals surface area contributed by atoms with Crippen molar-refractivity contribution in [2.24, 2.45) is 0 Å². The minimum atomic E-state index is -1.30. The third kappa shape index (κ3) is 2.57. The number of hydrogen-bond acceptors (Lipinski definition) is 1. The highest BCUT2D eigenvalue weighted by atomic mass is 19.1. The second kappa shape index (κ2) is 4.86. The molecule has 0 aliphatic carbocycles. The van der Waals surface area contributed by atoms with Crippen LogP contribution in [-0.4, -0.2) is 5.11 Å². The Kier molecular flexibility index (Phi) is 3.43. The van der Waals surface area contributed by atoms with E-state index in [1.54, 1.807) is 31.2 Å². The Morgan fingerprint density at radius 3 is 2.06 bits per heavy atom. The SMILES string of the molecule is CC(O)(Cc1c(F)cccc1F)c1ccccc1. The van der Waals surface area contributed by atoms with E-state index in [1.807, 2.05) is 6.07 Å². The van der Waals surface area contributed by atoms with E-state index in [0.717, 1.165) is 0 Å². The van der Waals surface area contributed by atoms with E-state index in [4.69, 9.17) is 0 Å². The summed E-state index contributed by atoms with van der Waals surface area (Å²) in [6, 6.07) is 12.5. The van der Waals surface area contributed by atoms with Gasteiger partial charge in [0.1, 0.15) is 11.6 Å². The average molecular weight is 248 g/mol. The zero-order valence-electron chi connectivity index (χ0n) is 10.0. The predicted molar refractivity (Wildman–Crippen MR) is 66.1 cm³/mol. The second-order valence-corrected chi connectivity index (χ2v) is 4.52. The monoisotopic (exact) mass is 248 g/mol. The zero-order valence-corrected chi connectivity index (χ0v) is 10.0.